The largest absolute Gasteiger partial charge is 0.263 e. The van der Waals surface area contributed by atoms with Crippen LogP contribution in [0.5, 0.6) is 0 Å². The molecule has 34 heavy (non-hydrogen) atoms. The second kappa shape index (κ2) is 10.0. The summed E-state index contributed by atoms with van der Waals surface area (Å²) in [7, 11) is 0. The van der Waals surface area contributed by atoms with Crippen molar-refractivity contribution in [1.29, 1.82) is 0 Å². The first kappa shape index (κ1) is 20.8. The second-order valence-electron chi connectivity index (χ2n) is 7.40. The normalized spacial score (nSPS) is 10.0. The van der Waals surface area contributed by atoms with E-state index in [0.29, 0.717) is 17.9 Å². The Morgan fingerprint density at radius 3 is 1.94 bits per heavy atom. The van der Waals surface area contributed by atoms with Crippen LogP contribution in [-0.4, -0.2) is 29.9 Å². The lowest BCUT2D eigenvalue weighted by Crippen LogP contribution is -2.02. The minimum absolute atomic E-state index is 0.519. The molecule has 0 aliphatic rings. The van der Waals surface area contributed by atoms with Crippen molar-refractivity contribution >= 4 is 0 Å². The number of pyridine rings is 3. The number of rotatable bonds is 3. The highest BCUT2D eigenvalue weighted by molar-refractivity contribution is 5.57. The predicted molar refractivity (Wildman–Crippen MR) is 129 cm³/mol. The molecule has 0 N–H and O–H groups in total. The minimum atomic E-state index is 0.519. The van der Waals surface area contributed by atoms with Crippen LogP contribution < -0.4 is 0 Å². The van der Waals surface area contributed by atoms with Crippen LogP contribution in [0.15, 0.2) is 97.7 Å². The van der Waals surface area contributed by atoms with E-state index in [0.717, 1.165) is 27.9 Å². The number of aromatic nitrogens is 6. The third kappa shape index (κ3) is 5.40. The molecule has 0 amide bonds. The first-order chi connectivity index (χ1) is 16.8. The van der Waals surface area contributed by atoms with Gasteiger partial charge in [-0.25, -0.2) is 9.67 Å². The molecule has 0 radical (unpaired) electrons. The van der Waals surface area contributed by atoms with E-state index >= 15 is 0 Å². The Balaban J connectivity index is 1.47. The van der Waals surface area contributed by atoms with Crippen molar-refractivity contribution in [3.63, 3.8) is 0 Å². The average Bonchev–Trinajstić information content (AvgIpc) is 3.36. The van der Waals surface area contributed by atoms with Crippen LogP contribution in [0.3, 0.4) is 0 Å². The Hall–Kier alpha value is -5.07. The molecule has 5 rings (SSSR count). The lowest BCUT2D eigenvalue weighted by molar-refractivity contribution is 0.649. The van der Waals surface area contributed by atoms with Crippen LogP contribution in [-0.2, 0) is 6.54 Å². The second-order valence-corrected chi connectivity index (χ2v) is 7.40. The summed E-state index contributed by atoms with van der Waals surface area (Å²) in [6.07, 6.45) is 8.81. The van der Waals surface area contributed by atoms with Gasteiger partial charge in [-0.05, 0) is 53.8 Å². The van der Waals surface area contributed by atoms with Gasteiger partial charge < -0.3 is 0 Å². The van der Waals surface area contributed by atoms with Gasteiger partial charge in [-0.15, -0.1) is 5.10 Å². The summed E-state index contributed by atoms with van der Waals surface area (Å²) >= 11 is 0. The molecule has 4 aromatic heterocycles. The quantitative estimate of drug-likeness (QED) is 0.399. The molecule has 0 bridgehead atoms. The molecule has 4 heterocycles. The van der Waals surface area contributed by atoms with Crippen LogP contribution in [0.25, 0.3) is 11.3 Å². The molecule has 6 nitrogen and oxygen atoms in total. The van der Waals surface area contributed by atoms with Crippen molar-refractivity contribution in [3.05, 3.63) is 126 Å². The predicted octanol–water partition coefficient (Wildman–Crippen LogP) is 3.98. The molecule has 0 unspecified atom stereocenters. The molecule has 0 spiro atoms. The molecule has 0 aliphatic carbocycles. The maximum atomic E-state index is 4.62. The van der Waals surface area contributed by atoms with Gasteiger partial charge in [0.05, 0.1) is 12.7 Å². The van der Waals surface area contributed by atoms with E-state index in [9.17, 15) is 0 Å². The highest BCUT2D eigenvalue weighted by Crippen LogP contribution is 2.16. The molecule has 0 fully saturated rings. The zero-order chi connectivity index (χ0) is 23.0. The third-order valence-electron chi connectivity index (χ3n) is 4.83. The van der Waals surface area contributed by atoms with E-state index in [1.807, 2.05) is 72.9 Å². The van der Waals surface area contributed by atoms with Gasteiger partial charge in [0, 0.05) is 41.5 Å². The fourth-order valence-corrected chi connectivity index (χ4v) is 3.26. The highest BCUT2D eigenvalue weighted by atomic mass is 15.4. The smallest absolute Gasteiger partial charge is 0.115 e. The molecule has 0 atom stereocenters. The average molecular weight is 438 g/mol. The number of hydrogen-bond donors (Lipinski definition) is 0. The van der Waals surface area contributed by atoms with Gasteiger partial charge >= 0.3 is 0 Å². The van der Waals surface area contributed by atoms with E-state index < -0.39 is 0 Å². The summed E-state index contributed by atoms with van der Waals surface area (Å²) in [5.74, 6) is 12.5. The van der Waals surface area contributed by atoms with Crippen molar-refractivity contribution in [2.75, 3.05) is 0 Å². The topological polar surface area (TPSA) is 69.4 Å². The first-order valence-electron chi connectivity index (χ1n) is 10.6. The molecular weight excluding hydrogens is 420 g/mol. The summed E-state index contributed by atoms with van der Waals surface area (Å²) in [6.45, 7) is 0.519. The van der Waals surface area contributed by atoms with Crippen molar-refractivity contribution in [3.8, 4) is 34.9 Å². The van der Waals surface area contributed by atoms with Crippen LogP contribution in [0.4, 0.5) is 0 Å². The van der Waals surface area contributed by atoms with E-state index in [4.69, 9.17) is 0 Å². The maximum Gasteiger partial charge on any atom is 0.115 e. The summed E-state index contributed by atoms with van der Waals surface area (Å²) in [5, 5.41) is 8.60. The Bertz CT molecular complexity index is 1440. The van der Waals surface area contributed by atoms with E-state index in [2.05, 4.69) is 48.9 Å². The van der Waals surface area contributed by atoms with Crippen LogP contribution in [0, 0.1) is 23.7 Å². The molecular formula is C28H18N6. The maximum absolute atomic E-state index is 4.62. The number of nitrogens with zero attached hydrogens (tertiary/aromatic N) is 6. The Morgan fingerprint density at radius 2 is 1.35 bits per heavy atom. The lowest BCUT2D eigenvalue weighted by atomic mass is 10.1. The molecule has 5 aromatic rings. The van der Waals surface area contributed by atoms with Gasteiger partial charge in [0.1, 0.15) is 17.1 Å². The van der Waals surface area contributed by atoms with Gasteiger partial charge in [0.15, 0.2) is 0 Å². The van der Waals surface area contributed by atoms with Gasteiger partial charge in [-0.3, -0.25) is 9.97 Å². The summed E-state index contributed by atoms with van der Waals surface area (Å²) in [5.41, 5.74) is 5.71. The van der Waals surface area contributed by atoms with Gasteiger partial charge in [-0.2, -0.15) is 0 Å². The van der Waals surface area contributed by atoms with Crippen LogP contribution in [0.2, 0.25) is 0 Å². The van der Waals surface area contributed by atoms with Crippen molar-refractivity contribution < 1.29 is 0 Å². The number of benzene rings is 1. The Kier molecular flexibility index (Phi) is 6.14. The zero-order valence-corrected chi connectivity index (χ0v) is 18.1. The SMILES string of the molecule is C(#Cc1cc(Cn2cc(-c3ccccc3)nn2)cc(C#Cc2cccnc2)n1)c1cccnc1. The fourth-order valence-electron chi connectivity index (χ4n) is 3.26. The van der Waals surface area contributed by atoms with Crippen molar-refractivity contribution in [1.82, 2.24) is 29.9 Å². The van der Waals surface area contributed by atoms with E-state index in [1.165, 1.54) is 0 Å². The highest BCUT2D eigenvalue weighted by Gasteiger charge is 2.06. The van der Waals surface area contributed by atoms with Crippen molar-refractivity contribution in [2.24, 2.45) is 0 Å². The third-order valence-corrected chi connectivity index (χ3v) is 4.83. The molecule has 160 valence electrons. The van der Waals surface area contributed by atoms with Gasteiger partial charge in [0.2, 0.25) is 0 Å². The summed E-state index contributed by atoms with van der Waals surface area (Å²) < 4.78 is 1.80. The van der Waals surface area contributed by atoms with Crippen LogP contribution >= 0.6 is 0 Å². The van der Waals surface area contributed by atoms with Crippen molar-refractivity contribution in [2.45, 2.75) is 6.54 Å². The van der Waals surface area contributed by atoms with Crippen LogP contribution in [0.1, 0.15) is 28.1 Å². The molecule has 0 saturated carbocycles. The first-order valence-corrected chi connectivity index (χ1v) is 10.6. The van der Waals surface area contributed by atoms with Gasteiger partial charge in [0.25, 0.3) is 0 Å². The molecule has 1 aromatic carbocycles. The molecule has 6 heteroatoms. The molecule has 0 aliphatic heterocycles. The zero-order valence-electron chi connectivity index (χ0n) is 18.1. The Labute approximate surface area is 197 Å². The van der Waals surface area contributed by atoms with E-state index in [1.54, 1.807) is 29.5 Å². The van der Waals surface area contributed by atoms with E-state index in [-0.39, 0.29) is 0 Å². The minimum Gasteiger partial charge on any atom is -0.263 e. The monoisotopic (exact) mass is 438 g/mol. The lowest BCUT2D eigenvalue weighted by Gasteiger charge is -2.03. The number of hydrogen-bond acceptors (Lipinski definition) is 5. The summed E-state index contributed by atoms with van der Waals surface area (Å²) in [4.78, 5) is 12.8. The summed E-state index contributed by atoms with van der Waals surface area (Å²) in [6, 6.07) is 21.4. The Morgan fingerprint density at radius 1 is 0.706 bits per heavy atom. The van der Waals surface area contributed by atoms with Gasteiger partial charge in [-0.1, -0.05) is 47.4 Å². The molecule has 0 saturated heterocycles. The standard InChI is InChI=1S/C28H18N6/c1-2-8-25(9-3-1)28-21-34(33-32-28)20-24-16-26(12-10-22-6-4-14-29-18-22)31-27(17-24)13-11-23-7-5-15-30-19-23/h1-9,14-19,21H,20H2. The fraction of sp³-hybridized carbons (Fsp3) is 0.0357.